The third kappa shape index (κ3) is 5.10. The Bertz CT molecular complexity index is 539. The molecule has 0 radical (unpaired) electrons. The first kappa shape index (κ1) is 15.4. The Balaban J connectivity index is 1.91. The molecule has 0 fully saturated rings. The number of unbranched alkanes of at least 4 members (excludes halogenated alkanes) is 2. The summed E-state index contributed by atoms with van der Waals surface area (Å²) in [5.74, 6) is 0.661. The van der Waals surface area contributed by atoms with Crippen LogP contribution in [-0.4, -0.2) is 6.61 Å². The summed E-state index contributed by atoms with van der Waals surface area (Å²) in [6.45, 7) is 3.57. The maximum Gasteiger partial charge on any atom is 0.142 e. The Morgan fingerprint density at radius 3 is 2.52 bits per heavy atom. The fraction of sp³-hybridized carbons (Fsp3) is 0.333. The second-order valence-corrected chi connectivity index (χ2v) is 5.03. The van der Waals surface area contributed by atoms with Gasteiger partial charge in [-0.15, -0.1) is 0 Å². The van der Waals surface area contributed by atoms with Gasteiger partial charge in [0.15, 0.2) is 0 Å². The zero-order chi connectivity index (χ0) is 14.9. The number of ether oxygens (including phenoxy) is 1. The molecule has 1 N–H and O–H groups in total. The highest BCUT2D eigenvalue weighted by atomic mass is 19.1. The molecular weight excluding hydrogens is 265 g/mol. The summed E-state index contributed by atoms with van der Waals surface area (Å²) in [5, 5.41) is 3.34. The van der Waals surface area contributed by atoms with E-state index in [0.717, 1.165) is 30.0 Å². The van der Waals surface area contributed by atoms with E-state index in [2.05, 4.69) is 12.2 Å². The van der Waals surface area contributed by atoms with E-state index in [1.54, 1.807) is 12.1 Å². The molecule has 0 saturated carbocycles. The minimum Gasteiger partial charge on any atom is -0.491 e. The number of benzene rings is 2. The maximum absolute atomic E-state index is 12.9. The Kier molecular flexibility index (Phi) is 6.07. The van der Waals surface area contributed by atoms with E-state index >= 15 is 0 Å². The van der Waals surface area contributed by atoms with E-state index in [0.29, 0.717) is 6.54 Å². The molecule has 0 amide bonds. The van der Waals surface area contributed by atoms with Crippen molar-refractivity contribution in [3.63, 3.8) is 0 Å². The SMILES string of the molecule is CCCCCOc1ccccc1NCc1ccc(F)cc1. The molecule has 21 heavy (non-hydrogen) atoms. The fourth-order valence-electron chi connectivity index (χ4n) is 2.07. The standard InChI is InChI=1S/C18H22FNO/c1-2-3-6-13-21-18-8-5-4-7-17(18)20-14-15-9-11-16(19)12-10-15/h4-5,7-12,20H,2-3,6,13-14H2,1H3. The van der Waals surface area contributed by atoms with Gasteiger partial charge in [-0.2, -0.15) is 0 Å². The lowest BCUT2D eigenvalue weighted by Crippen LogP contribution is -2.04. The van der Waals surface area contributed by atoms with Crippen LogP contribution < -0.4 is 10.1 Å². The van der Waals surface area contributed by atoms with E-state index in [-0.39, 0.29) is 5.82 Å². The second-order valence-electron chi connectivity index (χ2n) is 5.03. The smallest absolute Gasteiger partial charge is 0.142 e. The zero-order valence-electron chi connectivity index (χ0n) is 12.4. The van der Waals surface area contributed by atoms with E-state index in [9.17, 15) is 4.39 Å². The van der Waals surface area contributed by atoms with E-state index in [1.807, 2.05) is 24.3 Å². The van der Waals surface area contributed by atoms with Crippen molar-refractivity contribution >= 4 is 5.69 Å². The zero-order valence-corrected chi connectivity index (χ0v) is 12.4. The van der Waals surface area contributed by atoms with Crippen molar-refractivity contribution in [2.75, 3.05) is 11.9 Å². The predicted octanol–water partition coefficient (Wildman–Crippen LogP) is 5.01. The minimum absolute atomic E-state index is 0.210. The summed E-state index contributed by atoms with van der Waals surface area (Å²) in [5.41, 5.74) is 2.01. The van der Waals surface area contributed by atoms with Crippen LogP contribution in [0.15, 0.2) is 48.5 Å². The molecule has 2 aromatic rings. The van der Waals surface area contributed by atoms with Crippen LogP contribution in [0.3, 0.4) is 0 Å². The van der Waals surface area contributed by atoms with Crippen molar-refractivity contribution in [3.8, 4) is 5.75 Å². The number of hydrogen-bond donors (Lipinski definition) is 1. The van der Waals surface area contributed by atoms with Crippen LogP contribution >= 0.6 is 0 Å². The van der Waals surface area contributed by atoms with Crippen LogP contribution in [0.25, 0.3) is 0 Å². The number of anilines is 1. The molecule has 0 bridgehead atoms. The Morgan fingerprint density at radius 2 is 1.76 bits per heavy atom. The summed E-state index contributed by atoms with van der Waals surface area (Å²) in [7, 11) is 0. The van der Waals surface area contributed by atoms with Gasteiger partial charge < -0.3 is 10.1 Å². The third-order valence-corrected chi connectivity index (χ3v) is 3.29. The average Bonchev–Trinajstić information content (AvgIpc) is 2.52. The van der Waals surface area contributed by atoms with Gasteiger partial charge in [-0.3, -0.25) is 0 Å². The van der Waals surface area contributed by atoms with Crippen molar-refractivity contribution in [2.45, 2.75) is 32.7 Å². The molecule has 0 unspecified atom stereocenters. The minimum atomic E-state index is -0.210. The first-order chi connectivity index (χ1) is 10.3. The van der Waals surface area contributed by atoms with Gasteiger partial charge in [0.1, 0.15) is 11.6 Å². The molecule has 2 aromatic carbocycles. The van der Waals surface area contributed by atoms with Crippen LogP contribution in [0.5, 0.6) is 5.75 Å². The van der Waals surface area contributed by atoms with Gasteiger partial charge in [0.2, 0.25) is 0 Å². The third-order valence-electron chi connectivity index (χ3n) is 3.29. The predicted molar refractivity (Wildman–Crippen MR) is 85.2 cm³/mol. The molecule has 112 valence electrons. The van der Waals surface area contributed by atoms with Crippen molar-refractivity contribution in [3.05, 3.63) is 59.9 Å². The molecule has 2 nitrogen and oxygen atoms in total. The van der Waals surface area contributed by atoms with E-state index in [4.69, 9.17) is 4.74 Å². The number of hydrogen-bond acceptors (Lipinski definition) is 2. The largest absolute Gasteiger partial charge is 0.491 e. The Morgan fingerprint density at radius 1 is 1.00 bits per heavy atom. The highest BCUT2D eigenvalue weighted by Crippen LogP contribution is 2.24. The maximum atomic E-state index is 12.9. The molecular formula is C18H22FNO. The highest BCUT2D eigenvalue weighted by Gasteiger charge is 2.02. The van der Waals surface area contributed by atoms with Crippen LogP contribution in [-0.2, 0) is 6.54 Å². The topological polar surface area (TPSA) is 21.3 Å². The average molecular weight is 287 g/mol. The lowest BCUT2D eigenvalue weighted by molar-refractivity contribution is 0.307. The Labute approximate surface area is 126 Å². The number of para-hydroxylation sites is 2. The molecule has 0 aliphatic carbocycles. The van der Waals surface area contributed by atoms with Crippen molar-refractivity contribution in [1.29, 1.82) is 0 Å². The molecule has 0 aromatic heterocycles. The second kappa shape index (κ2) is 8.30. The van der Waals surface area contributed by atoms with Gasteiger partial charge in [-0.25, -0.2) is 4.39 Å². The molecule has 0 aliphatic rings. The van der Waals surface area contributed by atoms with Gasteiger partial charge in [0, 0.05) is 6.54 Å². The number of halogens is 1. The van der Waals surface area contributed by atoms with Gasteiger partial charge in [-0.05, 0) is 36.2 Å². The molecule has 2 rings (SSSR count). The van der Waals surface area contributed by atoms with Crippen molar-refractivity contribution in [2.24, 2.45) is 0 Å². The normalized spacial score (nSPS) is 10.4. The summed E-state index contributed by atoms with van der Waals surface area (Å²) in [4.78, 5) is 0. The van der Waals surface area contributed by atoms with E-state index < -0.39 is 0 Å². The van der Waals surface area contributed by atoms with Gasteiger partial charge >= 0.3 is 0 Å². The van der Waals surface area contributed by atoms with Gasteiger partial charge in [0.05, 0.1) is 12.3 Å². The summed E-state index contributed by atoms with van der Waals surface area (Å²) in [6.07, 6.45) is 3.45. The lowest BCUT2D eigenvalue weighted by Gasteiger charge is -2.13. The van der Waals surface area contributed by atoms with Gasteiger partial charge in [0.25, 0.3) is 0 Å². The molecule has 0 heterocycles. The molecule has 0 saturated heterocycles. The van der Waals surface area contributed by atoms with Crippen LogP contribution in [0.2, 0.25) is 0 Å². The fourth-order valence-corrected chi connectivity index (χ4v) is 2.07. The first-order valence-electron chi connectivity index (χ1n) is 7.49. The first-order valence-corrected chi connectivity index (χ1v) is 7.49. The van der Waals surface area contributed by atoms with Crippen LogP contribution in [0, 0.1) is 5.82 Å². The Hall–Kier alpha value is -2.03. The summed E-state index contributed by atoms with van der Waals surface area (Å²) < 4.78 is 18.7. The van der Waals surface area contributed by atoms with E-state index in [1.165, 1.54) is 25.0 Å². The lowest BCUT2D eigenvalue weighted by atomic mass is 10.2. The van der Waals surface area contributed by atoms with Crippen LogP contribution in [0.4, 0.5) is 10.1 Å². The molecule has 0 aliphatic heterocycles. The van der Waals surface area contributed by atoms with Crippen molar-refractivity contribution in [1.82, 2.24) is 0 Å². The summed E-state index contributed by atoms with van der Waals surface area (Å²) >= 11 is 0. The van der Waals surface area contributed by atoms with Crippen molar-refractivity contribution < 1.29 is 9.13 Å². The molecule has 0 atom stereocenters. The van der Waals surface area contributed by atoms with Gasteiger partial charge in [-0.1, -0.05) is 44.0 Å². The number of nitrogens with one attached hydrogen (secondary N) is 1. The highest BCUT2D eigenvalue weighted by molar-refractivity contribution is 5.56. The van der Waals surface area contributed by atoms with Crippen LogP contribution in [0.1, 0.15) is 31.7 Å². The molecule has 3 heteroatoms. The summed E-state index contributed by atoms with van der Waals surface area (Å²) in [6, 6.07) is 14.4. The quantitative estimate of drug-likeness (QED) is 0.689. The monoisotopic (exact) mass is 287 g/mol. The number of rotatable bonds is 8. The molecule has 0 spiro atoms.